The Bertz CT molecular complexity index is 945. The summed E-state index contributed by atoms with van der Waals surface area (Å²) in [4.78, 5) is 16.8. The molecule has 2 aromatic carbocycles. The van der Waals surface area contributed by atoms with Crippen LogP contribution < -0.4 is 14.8 Å². The van der Waals surface area contributed by atoms with E-state index in [1.807, 2.05) is 13.8 Å². The van der Waals surface area contributed by atoms with Gasteiger partial charge in [-0.2, -0.15) is 5.10 Å². The molecule has 0 atom stereocenters. The van der Waals surface area contributed by atoms with Gasteiger partial charge in [0.05, 0.1) is 24.6 Å². The molecule has 7 nitrogen and oxygen atoms in total. The maximum Gasteiger partial charge on any atom is 0.255 e. The van der Waals surface area contributed by atoms with Crippen molar-refractivity contribution in [2.24, 2.45) is 0 Å². The molecule has 146 valence electrons. The van der Waals surface area contributed by atoms with Crippen LogP contribution in [0.5, 0.6) is 11.5 Å². The molecule has 0 aliphatic heterocycles. The molecule has 0 bridgehead atoms. The van der Waals surface area contributed by atoms with Gasteiger partial charge in [0.1, 0.15) is 12.7 Å². The number of carbonyl (C=O) groups is 1. The summed E-state index contributed by atoms with van der Waals surface area (Å²) in [5.74, 6) is 0.851. The van der Waals surface area contributed by atoms with Crippen LogP contribution in [0.3, 0.4) is 0 Å². The summed E-state index contributed by atoms with van der Waals surface area (Å²) in [6.45, 7) is 4.96. The fraction of sp³-hybridized carbons (Fsp3) is 0.250. The van der Waals surface area contributed by atoms with Crippen LogP contribution in [0.1, 0.15) is 30.6 Å². The molecule has 0 unspecified atom stereocenters. The van der Waals surface area contributed by atoms with E-state index >= 15 is 0 Å². The lowest BCUT2D eigenvalue weighted by atomic mass is 10.1. The predicted molar refractivity (Wildman–Crippen MR) is 108 cm³/mol. The molecule has 3 rings (SSSR count). The Kier molecular flexibility index (Phi) is 6.49. The lowest BCUT2D eigenvalue weighted by Gasteiger charge is -2.14. The first kappa shape index (κ1) is 19.7. The first-order valence-corrected chi connectivity index (χ1v) is 9.35. The van der Waals surface area contributed by atoms with Crippen molar-refractivity contribution in [2.45, 2.75) is 20.3 Å². The third-order valence-electron chi connectivity index (χ3n) is 3.84. The minimum Gasteiger partial charge on any atom is -0.490 e. The highest BCUT2D eigenvalue weighted by Crippen LogP contribution is 2.30. The Labute approximate surface area is 168 Å². The molecular formula is C20H21ClN4O3. The SMILES string of the molecule is CCCOc1ccc(C(=O)Nc2cc(Cl)ccc2-n2cncn2)cc1OCC. The van der Waals surface area contributed by atoms with Crippen molar-refractivity contribution in [1.82, 2.24) is 14.8 Å². The Hall–Kier alpha value is -3.06. The smallest absolute Gasteiger partial charge is 0.255 e. The van der Waals surface area contributed by atoms with E-state index in [2.05, 4.69) is 15.4 Å². The summed E-state index contributed by atoms with van der Waals surface area (Å²) in [7, 11) is 0. The summed E-state index contributed by atoms with van der Waals surface area (Å²) < 4.78 is 12.9. The summed E-state index contributed by atoms with van der Waals surface area (Å²) >= 11 is 6.11. The molecule has 3 aromatic rings. The van der Waals surface area contributed by atoms with E-state index in [1.54, 1.807) is 47.4 Å². The lowest BCUT2D eigenvalue weighted by Crippen LogP contribution is -2.14. The van der Waals surface area contributed by atoms with Crippen molar-refractivity contribution in [3.8, 4) is 17.2 Å². The zero-order valence-electron chi connectivity index (χ0n) is 15.7. The number of hydrogen-bond acceptors (Lipinski definition) is 5. The average Bonchev–Trinajstić information content (AvgIpc) is 3.22. The number of nitrogens with zero attached hydrogens (tertiary/aromatic N) is 3. The summed E-state index contributed by atoms with van der Waals surface area (Å²) in [5.41, 5.74) is 1.62. The minimum absolute atomic E-state index is 0.299. The number of rotatable bonds is 8. The molecule has 0 saturated carbocycles. The summed E-state index contributed by atoms with van der Waals surface area (Å²) in [6, 6.07) is 10.3. The normalized spacial score (nSPS) is 10.5. The van der Waals surface area contributed by atoms with E-state index in [-0.39, 0.29) is 5.91 Å². The largest absolute Gasteiger partial charge is 0.490 e. The van der Waals surface area contributed by atoms with E-state index < -0.39 is 0 Å². The molecule has 1 amide bonds. The van der Waals surface area contributed by atoms with Gasteiger partial charge in [-0.15, -0.1) is 0 Å². The zero-order chi connectivity index (χ0) is 19.9. The van der Waals surface area contributed by atoms with Crippen molar-refractivity contribution in [3.63, 3.8) is 0 Å². The number of hydrogen-bond donors (Lipinski definition) is 1. The van der Waals surface area contributed by atoms with Gasteiger partial charge in [-0.05, 0) is 49.7 Å². The summed E-state index contributed by atoms with van der Waals surface area (Å²) in [5, 5.41) is 7.49. The van der Waals surface area contributed by atoms with Crippen molar-refractivity contribution in [3.05, 3.63) is 59.6 Å². The topological polar surface area (TPSA) is 78.3 Å². The van der Waals surface area contributed by atoms with Gasteiger partial charge in [-0.25, -0.2) is 9.67 Å². The molecule has 8 heteroatoms. The highest BCUT2D eigenvalue weighted by atomic mass is 35.5. The molecule has 0 radical (unpaired) electrons. The highest BCUT2D eigenvalue weighted by Gasteiger charge is 2.15. The summed E-state index contributed by atoms with van der Waals surface area (Å²) in [6.07, 6.45) is 3.85. The van der Waals surface area contributed by atoms with Crippen LogP contribution in [0.25, 0.3) is 5.69 Å². The second kappa shape index (κ2) is 9.23. The maximum atomic E-state index is 12.8. The van der Waals surface area contributed by atoms with Crippen molar-refractivity contribution in [1.29, 1.82) is 0 Å². The average molecular weight is 401 g/mol. The fourth-order valence-electron chi connectivity index (χ4n) is 2.58. The second-order valence-electron chi connectivity index (χ2n) is 5.90. The Morgan fingerprint density at radius 2 is 2.00 bits per heavy atom. The minimum atomic E-state index is -0.299. The number of carbonyl (C=O) groups excluding carboxylic acids is 1. The van der Waals surface area contributed by atoms with Crippen molar-refractivity contribution >= 4 is 23.2 Å². The molecule has 0 saturated heterocycles. The molecule has 28 heavy (non-hydrogen) atoms. The predicted octanol–water partition coefficient (Wildman–Crippen LogP) is 4.36. The van der Waals surface area contributed by atoms with Gasteiger partial charge in [-0.3, -0.25) is 4.79 Å². The second-order valence-corrected chi connectivity index (χ2v) is 6.34. The van der Waals surface area contributed by atoms with Crippen LogP contribution in [0.4, 0.5) is 5.69 Å². The van der Waals surface area contributed by atoms with Crippen LogP contribution in [0.15, 0.2) is 49.1 Å². The number of halogens is 1. The van der Waals surface area contributed by atoms with Crippen molar-refractivity contribution in [2.75, 3.05) is 18.5 Å². The standard InChI is InChI=1S/C20H21ClN4O3/c1-3-9-28-18-8-5-14(10-19(18)27-4-2)20(26)24-16-11-15(21)6-7-17(16)25-13-22-12-23-25/h5-8,10-13H,3-4,9H2,1-2H3,(H,24,26). The van der Waals surface area contributed by atoms with Gasteiger partial charge in [0.25, 0.3) is 5.91 Å². The number of ether oxygens (including phenoxy) is 2. The first-order chi connectivity index (χ1) is 13.6. The van der Waals surface area contributed by atoms with Crippen LogP contribution in [-0.4, -0.2) is 33.9 Å². The fourth-order valence-corrected chi connectivity index (χ4v) is 2.76. The third-order valence-corrected chi connectivity index (χ3v) is 4.07. The number of nitrogens with one attached hydrogen (secondary N) is 1. The Morgan fingerprint density at radius 3 is 2.71 bits per heavy atom. The first-order valence-electron chi connectivity index (χ1n) is 8.98. The van der Waals surface area contributed by atoms with E-state index in [4.69, 9.17) is 21.1 Å². The highest BCUT2D eigenvalue weighted by molar-refractivity contribution is 6.31. The van der Waals surface area contributed by atoms with E-state index in [9.17, 15) is 4.79 Å². The van der Waals surface area contributed by atoms with Gasteiger partial charge in [-0.1, -0.05) is 18.5 Å². The van der Waals surface area contributed by atoms with Gasteiger partial charge >= 0.3 is 0 Å². The van der Waals surface area contributed by atoms with E-state index in [0.717, 1.165) is 6.42 Å². The van der Waals surface area contributed by atoms with Gasteiger partial charge in [0, 0.05) is 10.6 Å². The molecule has 0 spiro atoms. The number of aromatic nitrogens is 3. The third kappa shape index (κ3) is 4.61. The molecule has 1 heterocycles. The van der Waals surface area contributed by atoms with Gasteiger partial charge < -0.3 is 14.8 Å². The number of anilines is 1. The van der Waals surface area contributed by atoms with Crippen molar-refractivity contribution < 1.29 is 14.3 Å². The number of amides is 1. The molecule has 0 aliphatic carbocycles. The monoisotopic (exact) mass is 400 g/mol. The lowest BCUT2D eigenvalue weighted by molar-refractivity contribution is 0.102. The van der Waals surface area contributed by atoms with Crippen LogP contribution in [-0.2, 0) is 0 Å². The van der Waals surface area contributed by atoms with E-state index in [1.165, 1.54) is 6.33 Å². The van der Waals surface area contributed by atoms with Gasteiger partial charge in [0.15, 0.2) is 11.5 Å². The van der Waals surface area contributed by atoms with Gasteiger partial charge in [0.2, 0.25) is 0 Å². The molecule has 0 aliphatic rings. The zero-order valence-corrected chi connectivity index (χ0v) is 16.4. The molecular weight excluding hydrogens is 380 g/mol. The number of benzene rings is 2. The van der Waals surface area contributed by atoms with Crippen LogP contribution in [0, 0.1) is 0 Å². The van der Waals surface area contributed by atoms with Crippen LogP contribution >= 0.6 is 11.6 Å². The maximum absolute atomic E-state index is 12.8. The van der Waals surface area contributed by atoms with Crippen LogP contribution in [0.2, 0.25) is 5.02 Å². The molecule has 1 aromatic heterocycles. The quantitative estimate of drug-likeness (QED) is 0.607. The Balaban J connectivity index is 1.87. The molecule has 0 fully saturated rings. The van der Waals surface area contributed by atoms with E-state index in [0.29, 0.717) is 46.7 Å². The molecule has 1 N–H and O–H groups in total. The Morgan fingerprint density at radius 1 is 1.14 bits per heavy atom.